The molecule has 9 heteroatoms. The Morgan fingerprint density at radius 1 is 1.37 bits per heavy atom. The normalized spacial score (nSPS) is 13.0. The maximum atomic E-state index is 11.7. The molecule has 0 saturated carbocycles. The first-order valence-electron chi connectivity index (χ1n) is 5.79. The van der Waals surface area contributed by atoms with Crippen molar-refractivity contribution in [1.82, 2.24) is 5.32 Å². The van der Waals surface area contributed by atoms with Crippen molar-refractivity contribution in [3.8, 4) is 0 Å². The van der Waals surface area contributed by atoms with Crippen molar-refractivity contribution in [1.29, 1.82) is 0 Å². The Bertz CT molecular complexity index is 339. The molecule has 0 fully saturated rings. The zero-order valence-electron chi connectivity index (χ0n) is 11.2. The molecule has 0 saturated heterocycles. The minimum atomic E-state index is -1.20. The number of ether oxygens (including phenoxy) is 1. The highest BCUT2D eigenvalue weighted by atomic mass is 17.2. The van der Waals surface area contributed by atoms with Crippen molar-refractivity contribution in [2.75, 3.05) is 19.8 Å². The summed E-state index contributed by atoms with van der Waals surface area (Å²) in [5.41, 5.74) is 8.31. The van der Waals surface area contributed by atoms with Gasteiger partial charge in [-0.25, -0.2) is 14.6 Å². The average molecular weight is 274 g/mol. The van der Waals surface area contributed by atoms with Crippen LogP contribution in [0.5, 0.6) is 0 Å². The minimum absolute atomic E-state index is 0.152. The van der Waals surface area contributed by atoms with E-state index in [1.54, 1.807) is 13.8 Å². The maximum Gasteiger partial charge on any atom is 0.340 e. The molecule has 0 rings (SSSR count). The van der Waals surface area contributed by atoms with Crippen molar-refractivity contribution in [2.45, 2.75) is 32.9 Å². The number of nitrogens with zero attached hydrogens (tertiary/aromatic N) is 3. The van der Waals surface area contributed by atoms with Crippen LogP contribution in [0.25, 0.3) is 10.4 Å². The highest BCUT2D eigenvalue weighted by Gasteiger charge is 2.32. The Balaban J connectivity index is 4.90. The van der Waals surface area contributed by atoms with Crippen molar-refractivity contribution in [3.05, 3.63) is 10.4 Å². The first-order chi connectivity index (χ1) is 9.06. The van der Waals surface area contributed by atoms with E-state index in [1.807, 2.05) is 0 Å². The number of hydrogen-bond donors (Lipinski definition) is 1. The zero-order valence-corrected chi connectivity index (χ0v) is 11.2. The van der Waals surface area contributed by atoms with Gasteiger partial charge in [-0.2, -0.15) is 0 Å². The van der Waals surface area contributed by atoms with E-state index in [-0.39, 0.29) is 19.8 Å². The van der Waals surface area contributed by atoms with Gasteiger partial charge in [-0.3, -0.25) is 4.79 Å². The summed E-state index contributed by atoms with van der Waals surface area (Å²) in [4.78, 5) is 35.0. The van der Waals surface area contributed by atoms with Crippen LogP contribution < -0.4 is 5.32 Å². The van der Waals surface area contributed by atoms with E-state index < -0.39 is 24.0 Å². The summed E-state index contributed by atoms with van der Waals surface area (Å²) < 4.78 is 4.81. The Morgan fingerprint density at radius 3 is 2.53 bits per heavy atom. The van der Waals surface area contributed by atoms with Crippen LogP contribution in [0.2, 0.25) is 0 Å². The van der Waals surface area contributed by atoms with Crippen LogP contribution in [0.3, 0.4) is 0 Å². The SMILES string of the molecule is CCOOC(C(=O)OCC)C(CN=[N+]=[N-])NC(C)=O. The summed E-state index contributed by atoms with van der Waals surface area (Å²) in [7, 11) is 0. The second-order valence-electron chi connectivity index (χ2n) is 3.40. The minimum Gasteiger partial charge on any atom is -0.464 e. The van der Waals surface area contributed by atoms with Gasteiger partial charge in [-0.05, 0) is 19.4 Å². The molecule has 0 aromatic carbocycles. The molecule has 0 aliphatic carbocycles. The number of rotatable bonds is 9. The fourth-order valence-electron chi connectivity index (χ4n) is 1.24. The van der Waals surface area contributed by atoms with Crippen molar-refractivity contribution in [3.63, 3.8) is 0 Å². The summed E-state index contributed by atoms with van der Waals surface area (Å²) in [6.07, 6.45) is -1.20. The maximum absolute atomic E-state index is 11.7. The van der Waals surface area contributed by atoms with Crippen LogP contribution in [0.1, 0.15) is 20.8 Å². The Kier molecular flexibility index (Phi) is 9.15. The van der Waals surface area contributed by atoms with Gasteiger partial charge in [0.15, 0.2) is 0 Å². The first kappa shape index (κ1) is 17.2. The molecule has 0 aromatic rings. The summed E-state index contributed by atoms with van der Waals surface area (Å²) >= 11 is 0. The van der Waals surface area contributed by atoms with Gasteiger partial charge < -0.3 is 10.1 Å². The molecule has 19 heavy (non-hydrogen) atoms. The quantitative estimate of drug-likeness (QED) is 0.165. The molecule has 0 aliphatic heterocycles. The first-order valence-corrected chi connectivity index (χ1v) is 5.79. The number of carbonyl (C=O) groups excluding carboxylic acids is 2. The van der Waals surface area contributed by atoms with E-state index in [0.29, 0.717) is 0 Å². The van der Waals surface area contributed by atoms with Gasteiger partial charge >= 0.3 is 5.97 Å². The molecule has 0 aromatic heterocycles. The fourth-order valence-corrected chi connectivity index (χ4v) is 1.24. The summed E-state index contributed by atoms with van der Waals surface area (Å²) in [6, 6.07) is -0.862. The van der Waals surface area contributed by atoms with Crippen LogP contribution in [-0.2, 0) is 24.1 Å². The molecule has 9 nitrogen and oxygen atoms in total. The number of amides is 1. The van der Waals surface area contributed by atoms with E-state index in [9.17, 15) is 9.59 Å². The molecular weight excluding hydrogens is 256 g/mol. The molecule has 0 aliphatic rings. The molecule has 108 valence electrons. The zero-order chi connectivity index (χ0) is 14.7. The largest absolute Gasteiger partial charge is 0.464 e. The molecule has 0 spiro atoms. The molecule has 0 bridgehead atoms. The van der Waals surface area contributed by atoms with Crippen LogP contribution >= 0.6 is 0 Å². The molecular formula is C10H18N4O5. The van der Waals surface area contributed by atoms with Gasteiger partial charge in [-0.1, -0.05) is 5.11 Å². The third-order valence-corrected chi connectivity index (χ3v) is 1.90. The van der Waals surface area contributed by atoms with Gasteiger partial charge in [-0.15, -0.1) is 0 Å². The second-order valence-corrected chi connectivity index (χ2v) is 3.40. The van der Waals surface area contributed by atoms with Crippen molar-refractivity contribution >= 4 is 11.9 Å². The molecule has 2 atom stereocenters. The topological polar surface area (TPSA) is 123 Å². The van der Waals surface area contributed by atoms with E-state index >= 15 is 0 Å². The fraction of sp³-hybridized carbons (Fsp3) is 0.800. The van der Waals surface area contributed by atoms with Gasteiger partial charge in [0.1, 0.15) is 0 Å². The van der Waals surface area contributed by atoms with E-state index in [2.05, 4.69) is 15.3 Å². The average Bonchev–Trinajstić information content (AvgIpc) is 2.35. The molecule has 2 unspecified atom stereocenters. The lowest BCUT2D eigenvalue weighted by molar-refractivity contribution is -0.321. The van der Waals surface area contributed by atoms with Gasteiger partial charge in [0.2, 0.25) is 12.0 Å². The number of carbonyl (C=O) groups is 2. The van der Waals surface area contributed by atoms with Gasteiger partial charge in [0, 0.05) is 18.4 Å². The number of esters is 1. The Labute approximate surface area is 110 Å². The summed E-state index contributed by atoms with van der Waals surface area (Å²) in [5, 5.41) is 5.77. The number of azide groups is 1. The molecule has 1 amide bonds. The lowest BCUT2D eigenvalue weighted by Crippen LogP contribution is -2.50. The predicted octanol–water partition coefficient (Wildman–Crippen LogP) is 0.701. The second kappa shape index (κ2) is 10.1. The van der Waals surface area contributed by atoms with Gasteiger partial charge in [0.25, 0.3) is 0 Å². The number of hydrogen-bond acceptors (Lipinski definition) is 6. The van der Waals surface area contributed by atoms with Crippen LogP contribution in [0.15, 0.2) is 5.11 Å². The van der Waals surface area contributed by atoms with E-state index in [4.69, 9.17) is 20.0 Å². The van der Waals surface area contributed by atoms with Crippen molar-refractivity contribution < 1.29 is 24.1 Å². The highest BCUT2D eigenvalue weighted by Crippen LogP contribution is 2.05. The van der Waals surface area contributed by atoms with E-state index in [1.165, 1.54) is 6.92 Å². The summed E-state index contributed by atoms with van der Waals surface area (Å²) in [5.74, 6) is -1.10. The van der Waals surface area contributed by atoms with Crippen LogP contribution in [0.4, 0.5) is 0 Å². The van der Waals surface area contributed by atoms with Crippen LogP contribution in [-0.4, -0.2) is 43.8 Å². The lowest BCUT2D eigenvalue weighted by atomic mass is 10.1. The van der Waals surface area contributed by atoms with Crippen molar-refractivity contribution in [2.24, 2.45) is 5.11 Å². The monoisotopic (exact) mass is 274 g/mol. The standard InChI is InChI=1S/C10H18N4O5/c1-4-17-10(16)9(19-18-5-2)8(6-12-14-11)13-7(3)15/h8-9H,4-6H2,1-3H3,(H,13,15). The smallest absolute Gasteiger partial charge is 0.340 e. The highest BCUT2D eigenvalue weighted by molar-refractivity contribution is 5.78. The summed E-state index contributed by atoms with van der Waals surface area (Å²) in [6.45, 7) is 4.78. The Morgan fingerprint density at radius 2 is 2.05 bits per heavy atom. The molecule has 0 radical (unpaired) electrons. The van der Waals surface area contributed by atoms with E-state index in [0.717, 1.165) is 0 Å². The third kappa shape index (κ3) is 7.24. The lowest BCUT2D eigenvalue weighted by Gasteiger charge is -2.23. The third-order valence-electron chi connectivity index (χ3n) is 1.90. The molecule has 0 heterocycles. The Hall–Kier alpha value is -1.83. The van der Waals surface area contributed by atoms with Crippen LogP contribution in [0, 0.1) is 0 Å². The van der Waals surface area contributed by atoms with Gasteiger partial charge in [0.05, 0.1) is 19.3 Å². The molecule has 1 N–H and O–H groups in total. The number of nitrogens with one attached hydrogen (secondary N) is 1. The predicted molar refractivity (Wildman–Crippen MR) is 64.7 cm³/mol.